The van der Waals surface area contributed by atoms with E-state index in [-0.39, 0.29) is 17.6 Å². The smallest absolute Gasteiger partial charge is 0.183 e. The number of piperidine rings is 1. The molecule has 3 aliphatic rings. The van der Waals surface area contributed by atoms with E-state index in [1.165, 1.54) is 5.56 Å². The summed E-state index contributed by atoms with van der Waals surface area (Å²) in [5, 5.41) is 11.7. The molecule has 0 bridgehead atoms. The third kappa shape index (κ3) is 3.79. The molecule has 0 aliphatic carbocycles. The van der Waals surface area contributed by atoms with Gasteiger partial charge in [0.25, 0.3) is 0 Å². The maximum absolute atomic E-state index is 6.49. The number of ether oxygens (including phenoxy) is 1. The van der Waals surface area contributed by atoms with Crippen LogP contribution in [0.25, 0.3) is 11.2 Å². The van der Waals surface area contributed by atoms with E-state index in [2.05, 4.69) is 57.2 Å². The van der Waals surface area contributed by atoms with Gasteiger partial charge in [-0.3, -0.25) is 5.10 Å². The van der Waals surface area contributed by atoms with E-state index < -0.39 is 0 Å². The largest absolute Gasteiger partial charge is 0.399 e. The monoisotopic (exact) mass is 490 g/mol. The van der Waals surface area contributed by atoms with Crippen LogP contribution in [0.15, 0.2) is 29.6 Å². The van der Waals surface area contributed by atoms with Crippen molar-refractivity contribution >= 4 is 34.7 Å². The van der Waals surface area contributed by atoms with Gasteiger partial charge in [-0.05, 0) is 55.4 Å². The number of nitrogens with one attached hydrogen (secondary N) is 1. The highest BCUT2D eigenvalue weighted by atomic mass is 16.6. The molecule has 5 heterocycles. The molecule has 10 nitrogen and oxygen atoms in total. The number of hydrogen-bond acceptors (Lipinski definition) is 9. The second-order valence-corrected chi connectivity index (χ2v) is 10.4. The number of aromatic amines is 1. The van der Waals surface area contributed by atoms with E-state index in [0.717, 1.165) is 73.9 Å². The van der Waals surface area contributed by atoms with Crippen LogP contribution in [0.3, 0.4) is 0 Å². The first-order chi connectivity index (χ1) is 17.5. The fourth-order valence-corrected chi connectivity index (χ4v) is 6.00. The van der Waals surface area contributed by atoms with E-state index >= 15 is 0 Å². The molecule has 3 N–H and O–H groups in total. The van der Waals surface area contributed by atoms with Gasteiger partial charge < -0.3 is 25.1 Å². The van der Waals surface area contributed by atoms with Crippen LogP contribution in [0, 0.1) is 5.41 Å². The lowest BCUT2D eigenvalue weighted by atomic mass is 9.73. The van der Waals surface area contributed by atoms with E-state index in [4.69, 9.17) is 25.3 Å². The fraction of sp³-hybridized carbons (Fsp3) is 0.538. The summed E-state index contributed by atoms with van der Waals surface area (Å²) in [6.45, 7) is 7.77. The van der Waals surface area contributed by atoms with E-state index in [1.54, 1.807) is 13.3 Å². The van der Waals surface area contributed by atoms with Gasteiger partial charge in [-0.15, -0.1) is 0 Å². The highest BCUT2D eigenvalue weighted by Crippen LogP contribution is 2.43. The highest BCUT2D eigenvalue weighted by Gasteiger charge is 2.47. The standard InChI is InChI=1S/C26H34N8O2/c1-16-6-9-34(20-5-4-18(12-19(16)20)13-29-35-3)25-22-24(31-32-25)30-21(14-28-22)33-10-7-26(8-11-33)15-36-17(2)23(26)27/h4-5,12-14,16-17,23H,6-11,15,27H2,1-3H3,(H,30,31,32)/b29-13+/t16-,17-,23+/m0/s1. The minimum Gasteiger partial charge on any atom is -0.399 e. The molecule has 6 rings (SSSR count). The normalized spacial score (nSPS) is 25.7. The van der Waals surface area contributed by atoms with Crippen LogP contribution in [0.2, 0.25) is 0 Å². The number of hydrogen-bond donors (Lipinski definition) is 2. The number of benzene rings is 1. The van der Waals surface area contributed by atoms with Crippen molar-refractivity contribution < 1.29 is 9.57 Å². The Morgan fingerprint density at radius 1 is 1.25 bits per heavy atom. The first-order valence-corrected chi connectivity index (χ1v) is 12.8. The molecular formula is C26H34N8O2. The maximum atomic E-state index is 6.49. The van der Waals surface area contributed by atoms with Crippen molar-refractivity contribution in [3.8, 4) is 0 Å². The Kier molecular flexibility index (Phi) is 5.80. The van der Waals surface area contributed by atoms with E-state index in [0.29, 0.717) is 11.6 Å². The number of oxime groups is 1. The Hall–Kier alpha value is -3.24. The van der Waals surface area contributed by atoms with Gasteiger partial charge in [0, 0.05) is 36.8 Å². The van der Waals surface area contributed by atoms with Crippen LogP contribution < -0.4 is 15.5 Å². The minimum atomic E-state index is 0.0860. The maximum Gasteiger partial charge on any atom is 0.183 e. The minimum absolute atomic E-state index is 0.0860. The van der Waals surface area contributed by atoms with Crippen molar-refractivity contribution in [3.63, 3.8) is 0 Å². The highest BCUT2D eigenvalue weighted by molar-refractivity contribution is 5.89. The Labute approximate surface area is 210 Å². The van der Waals surface area contributed by atoms with Crippen molar-refractivity contribution in [2.24, 2.45) is 16.3 Å². The molecular weight excluding hydrogens is 456 g/mol. The number of rotatable bonds is 4. The summed E-state index contributed by atoms with van der Waals surface area (Å²) >= 11 is 0. The molecule has 0 unspecified atom stereocenters. The molecule has 36 heavy (non-hydrogen) atoms. The lowest BCUT2D eigenvalue weighted by Gasteiger charge is -2.41. The molecule has 190 valence electrons. The molecule has 10 heteroatoms. The first kappa shape index (κ1) is 23.2. The van der Waals surface area contributed by atoms with Crippen molar-refractivity contribution in [2.45, 2.75) is 51.2 Å². The lowest BCUT2D eigenvalue weighted by molar-refractivity contribution is 0.0974. The molecule has 0 amide bonds. The van der Waals surface area contributed by atoms with Crippen molar-refractivity contribution in [1.82, 2.24) is 20.2 Å². The third-order valence-electron chi connectivity index (χ3n) is 8.39. The topological polar surface area (TPSA) is 118 Å². The van der Waals surface area contributed by atoms with Gasteiger partial charge >= 0.3 is 0 Å². The van der Waals surface area contributed by atoms with Gasteiger partial charge in [-0.1, -0.05) is 18.1 Å². The zero-order valence-electron chi connectivity index (χ0n) is 21.1. The SMILES string of the molecule is CO/N=C/c1ccc2c(c1)[C@@H](C)CCN2c1n[nH]c2nc(N3CCC4(CC3)CO[C@@H](C)[C@H]4N)cnc12. The molecule has 1 spiro atoms. The molecule has 3 aromatic rings. The summed E-state index contributed by atoms with van der Waals surface area (Å²) in [6.07, 6.45) is 6.78. The van der Waals surface area contributed by atoms with Crippen LogP contribution >= 0.6 is 0 Å². The van der Waals surface area contributed by atoms with Crippen LogP contribution in [-0.2, 0) is 9.57 Å². The van der Waals surface area contributed by atoms with Crippen LogP contribution in [0.4, 0.5) is 17.3 Å². The van der Waals surface area contributed by atoms with Crippen LogP contribution in [0.1, 0.15) is 50.2 Å². The van der Waals surface area contributed by atoms with Crippen LogP contribution in [0.5, 0.6) is 0 Å². The van der Waals surface area contributed by atoms with Crippen molar-refractivity contribution in [3.05, 3.63) is 35.5 Å². The molecule has 0 saturated carbocycles. The lowest BCUT2D eigenvalue weighted by Crippen LogP contribution is -2.50. The Morgan fingerprint density at radius 2 is 2.08 bits per heavy atom. The predicted octanol–water partition coefficient (Wildman–Crippen LogP) is 3.31. The summed E-state index contributed by atoms with van der Waals surface area (Å²) in [5.41, 5.74) is 11.5. The van der Waals surface area contributed by atoms with Gasteiger partial charge in [0.1, 0.15) is 12.9 Å². The summed E-state index contributed by atoms with van der Waals surface area (Å²) in [4.78, 5) is 19.1. The van der Waals surface area contributed by atoms with Crippen molar-refractivity contribution in [2.75, 3.05) is 43.2 Å². The summed E-state index contributed by atoms with van der Waals surface area (Å²) in [5.74, 6) is 2.14. The number of nitrogens with zero attached hydrogens (tertiary/aromatic N) is 6. The van der Waals surface area contributed by atoms with Crippen molar-refractivity contribution in [1.29, 1.82) is 0 Å². The van der Waals surface area contributed by atoms with E-state index in [9.17, 15) is 0 Å². The van der Waals surface area contributed by atoms with E-state index in [1.807, 2.05) is 6.20 Å². The third-order valence-corrected chi connectivity index (χ3v) is 8.39. The zero-order valence-corrected chi connectivity index (χ0v) is 21.1. The molecule has 1 aromatic carbocycles. The second kappa shape index (κ2) is 9.01. The van der Waals surface area contributed by atoms with Gasteiger partial charge in [0.2, 0.25) is 0 Å². The average Bonchev–Trinajstić information content (AvgIpc) is 3.45. The number of aromatic nitrogens is 4. The summed E-state index contributed by atoms with van der Waals surface area (Å²) < 4.78 is 5.87. The zero-order chi connectivity index (χ0) is 24.9. The molecule has 0 radical (unpaired) electrons. The molecule has 3 aliphatic heterocycles. The van der Waals surface area contributed by atoms with Crippen LogP contribution in [-0.4, -0.2) is 71.9 Å². The Bertz CT molecular complexity index is 1280. The fourth-order valence-electron chi connectivity index (χ4n) is 6.00. The molecule has 3 atom stereocenters. The van der Waals surface area contributed by atoms with Gasteiger partial charge in [0.15, 0.2) is 17.0 Å². The number of anilines is 3. The molecule has 2 saturated heterocycles. The summed E-state index contributed by atoms with van der Waals surface area (Å²) in [6, 6.07) is 6.46. The first-order valence-electron chi connectivity index (χ1n) is 12.8. The van der Waals surface area contributed by atoms with Gasteiger partial charge in [-0.2, -0.15) is 5.10 Å². The Balaban J connectivity index is 1.25. The number of fused-ring (bicyclic) bond motifs is 2. The summed E-state index contributed by atoms with van der Waals surface area (Å²) in [7, 11) is 1.55. The predicted molar refractivity (Wildman–Crippen MR) is 140 cm³/mol. The number of nitrogens with two attached hydrogens (primary N) is 1. The van der Waals surface area contributed by atoms with Gasteiger partial charge in [-0.25, -0.2) is 9.97 Å². The second-order valence-electron chi connectivity index (χ2n) is 10.4. The molecule has 2 aromatic heterocycles. The van der Waals surface area contributed by atoms with Gasteiger partial charge in [0.05, 0.1) is 25.1 Å². The quantitative estimate of drug-likeness (QED) is 0.422. The number of H-pyrrole nitrogens is 1. The Morgan fingerprint density at radius 3 is 2.83 bits per heavy atom. The molecule has 2 fully saturated rings. The average molecular weight is 491 g/mol.